The fourth-order valence-electron chi connectivity index (χ4n) is 3.83. The number of para-hydroxylation sites is 1. The topological polar surface area (TPSA) is 140 Å². The minimum atomic E-state index is -4.77. The van der Waals surface area contributed by atoms with Crippen LogP contribution in [0.25, 0.3) is 10.8 Å². The maximum Gasteiger partial charge on any atom is 1.00 e. The van der Waals surface area contributed by atoms with Gasteiger partial charge in [0.15, 0.2) is 0 Å². The van der Waals surface area contributed by atoms with Gasteiger partial charge in [0.1, 0.15) is 22.0 Å². The molecule has 0 aliphatic carbocycles. The van der Waals surface area contributed by atoms with E-state index in [-0.39, 0.29) is 62.2 Å². The van der Waals surface area contributed by atoms with Gasteiger partial charge in [0, 0.05) is 10.9 Å². The third-order valence-electron chi connectivity index (χ3n) is 5.66. The van der Waals surface area contributed by atoms with Crippen molar-refractivity contribution in [2.75, 3.05) is 12.4 Å². The Morgan fingerprint density at radius 1 is 1.05 bits per heavy atom. The zero-order valence-electron chi connectivity index (χ0n) is 21.0. The summed E-state index contributed by atoms with van der Waals surface area (Å²) in [5.74, 6) is -1.23. The summed E-state index contributed by atoms with van der Waals surface area (Å²) in [6, 6.07) is 15.7. The first-order valence-electron chi connectivity index (χ1n) is 11.1. The number of ether oxygens (including phenoxy) is 1. The molecule has 4 aromatic rings. The van der Waals surface area contributed by atoms with E-state index in [9.17, 15) is 22.9 Å². The van der Waals surface area contributed by atoms with Crippen LogP contribution in [0.4, 0.5) is 17.1 Å². The second-order valence-electron chi connectivity index (χ2n) is 8.05. The molecule has 0 spiro atoms. The van der Waals surface area contributed by atoms with Gasteiger partial charge in [-0.3, -0.25) is 9.35 Å². The molecule has 0 unspecified atom stereocenters. The first kappa shape index (κ1) is 30.8. The summed E-state index contributed by atoms with van der Waals surface area (Å²) in [4.78, 5) is 12.6. The van der Waals surface area contributed by atoms with Gasteiger partial charge in [0.25, 0.3) is 16.0 Å². The van der Waals surface area contributed by atoms with Crippen molar-refractivity contribution in [2.24, 2.45) is 10.2 Å². The van der Waals surface area contributed by atoms with E-state index in [4.69, 9.17) is 27.9 Å². The third-order valence-corrected chi connectivity index (χ3v) is 7.33. The van der Waals surface area contributed by atoms with Crippen LogP contribution in [0.5, 0.6) is 11.5 Å². The van der Waals surface area contributed by atoms with Crippen molar-refractivity contribution in [1.82, 2.24) is 0 Å². The van der Waals surface area contributed by atoms with Crippen molar-refractivity contribution in [3.05, 3.63) is 81.8 Å². The number of azo groups is 1. The van der Waals surface area contributed by atoms with Gasteiger partial charge in [-0.2, -0.15) is 13.5 Å². The first-order valence-corrected chi connectivity index (χ1v) is 13.3. The average molecular weight is 596 g/mol. The van der Waals surface area contributed by atoms with Gasteiger partial charge in [-0.1, -0.05) is 66.2 Å². The summed E-state index contributed by atoms with van der Waals surface area (Å²) in [5.41, 5.74) is 0.0937. The molecular weight excluding hydrogens is 576 g/mol. The number of methoxy groups -OCH3 is 1. The Kier molecular flexibility index (Phi) is 10.0. The van der Waals surface area contributed by atoms with Crippen LogP contribution >= 0.6 is 23.2 Å². The number of benzene rings is 4. The monoisotopic (exact) mass is 595 g/mol. The Hall–Kier alpha value is -2.70. The van der Waals surface area contributed by atoms with Crippen molar-refractivity contribution >= 4 is 67.1 Å². The number of carbonyl (C=O) groups excluding carboxylic acids is 1. The number of nitrogens with one attached hydrogen (secondary N) is 1. The number of nitrogens with zero attached hydrogens (tertiary/aromatic N) is 2. The molecule has 4 rings (SSSR count). The Balaban J connectivity index is 0.00000420. The predicted octanol–water partition coefficient (Wildman–Crippen LogP) is 3.71. The van der Waals surface area contributed by atoms with Crippen molar-refractivity contribution in [3.63, 3.8) is 0 Å². The molecule has 1 amide bonds. The van der Waals surface area contributed by atoms with Crippen LogP contribution < -0.4 is 44.7 Å². The molecule has 196 valence electrons. The normalized spacial score (nSPS) is 11.4. The fraction of sp³-hybridized carbons (Fsp3) is 0.115. The number of halogens is 2. The summed E-state index contributed by atoms with van der Waals surface area (Å²) in [7, 11) is -3.35. The van der Waals surface area contributed by atoms with Crippen LogP contribution in [0.2, 0.25) is 10.0 Å². The molecule has 0 aliphatic heterocycles. The number of rotatable bonds is 7. The largest absolute Gasteiger partial charge is 1.00 e. The molecule has 13 heteroatoms. The maximum absolute atomic E-state index is 13.5. The fourth-order valence-corrected chi connectivity index (χ4v) is 5.24. The molecule has 4 aromatic carbocycles. The van der Waals surface area contributed by atoms with E-state index in [0.717, 1.165) is 0 Å². The Morgan fingerprint density at radius 2 is 1.77 bits per heavy atom. The predicted molar refractivity (Wildman–Crippen MR) is 144 cm³/mol. The van der Waals surface area contributed by atoms with Crippen LogP contribution in [0, 0.1) is 0 Å². The van der Waals surface area contributed by atoms with Crippen molar-refractivity contribution in [2.45, 2.75) is 18.2 Å². The van der Waals surface area contributed by atoms with Gasteiger partial charge in [0.05, 0.1) is 22.8 Å². The van der Waals surface area contributed by atoms with E-state index in [1.807, 2.05) is 6.92 Å². The van der Waals surface area contributed by atoms with E-state index in [0.29, 0.717) is 28.5 Å². The first-order chi connectivity index (χ1) is 18.0. The molecule has 39 heavy (non-hydrogen) atoms. The average Bonchev–Trinajstić information content (AvgIpc) is 2.87. The van der Waals surface area contributed by atoms with E-state index in [1.54, 1.807) is 42.5 Å². The minimum Gasteiger partial charge on any atom is -0.870 e. The number of hydrogen-bond donors (Lipinski definition) is 2. The zero-order chi connectivity index (χ0) is 27.6. The molecule has 0 aliphatic rings. The second-order valence-corrected chi connectivity index (χ2v) is 10.2. The Labute approximate surface area is 256 Å². The Morgan fingerprint density at radius 3 is 2.44 bits per heavy atom. The standard InChI is InChI=1S/C26H21Cl2N3O6S.Na/c1-3-14-11-19(28)25(38(34,35)36)20(12-14)30-31-22-16-8-5-4-7-15(16)13-17(24(22)32)26(33)29-23-18(27)9-6-10-21(23)37-2;/h4-13,32H,3H2,1-2H3,(H,29,33)(H,34,35,36);/q;+1/p-1. The molecule has 0 atom stereocenters. The van der Waals surface area contributed by atoms with Crippen molar-refractivity contribution < 1.29 is 57.2 Å². The summed E-state index contributed by atoms with van der Waals surface area (Å²) < 4.78 is 39.0. The quantitative estimate of drug-likeness (QED) is 0.189. The molecule has 0 radical (unpaired) electrons. The molecule has 0 fully saturated rings. The molecule has 0 saturated carbocycles. The number of carbonyl (C=O) groups is 1. The van der Waals surface area contributed by atoms with Gasteiger partial charge in [0.2, 0.25) is 0 Å². The minimum absolute atomic E-state index is 0. The smallest absolute Gasteiger partial charge is 0.870 e. The molecule has 0 aromatic heterocycles. The van der Waals surface area contributed by atoms with Crippen LogP contribution in [0.15, 0.2) is 75.8 Å². The molecule has 0 saturated heterocycles. The number of hydrogen-bond acceptors (Lipinski definition) is 7. The van der Waals surface area contributed by atoms with Gasteiger partial charge in [-0.25, -0.2) is 0 Å². The van der Waals surface area contributed by atoms with Crippen molar-refractivity contribution in [3.8, 4) is 11.5 Å². The van der Waals surface area contributed by atoms with E-state index in [2.05, 4.69) is 15.5 Å². The zero-order valence-corrected chi connectivity index (χ0v) is 25.4. The van der Waals surface area contributed by atoms with Crippen LogP contribution in [-0.2, 0) is 16.5 Å². The van der Waals surface area contributed by atoms with Crippen LogP contribution in [-0.4, -0.2) is 26.0 Å². The number of amides is 1. The number of aryl methyl sites for hydroxylation is 1. The molecular formula is C26H20Cl2N3NaO6S. The second kappa shape index (κ2) is 12.6. The number of anilines is 1. The van der Waals surface area contributed by atoms with Crippen LogP contribution in [0.3, 0.4) is 0 Å². The summed E-state index contributed by atoms with van der Waals surface area (Å²) in [5, 5.41) is 24.9. The summed E-state index contributed by atoms with van der Waals surface area (Å²) in [6.07, 6.45) is 0.491. The Bertz CT molecular complexity index is 1710. The summed E-state index contributed by atoms with van der Waals surface area (Å²) >= 11 is 12.3. The van der Waals surface area contributed by atoms with Gasteiger partial charge in [-0.05, 0) is 47.7 Å². The molecule has 0 bridgehead atoms. The van der Waals surface area contributed by atoms with Gasteiger partial charge >= 0.3 is 29.6 Å². The van der Waals surface area contributed by atoms with Crippen molar-refractivity contribution in [1.29, 1.82) is 0 Å². The van der Waals surface area contributed by atoms with Gasteiger partial charge in [-0.15, -0.1) is 5.11 Å². The van der Waals surface area contributed by atoms with E-state index < -0.39 is 26.7 Å². The SMILES string of the molecule is CCc1cc(Cl)c(S(=O)(=O)O)c(N=Nc2c([O-])c(C(=O)Nc3c(Cl)cccc3OC)cc3ccccc23)c1.[Na+]. The third kappa shape index (κ3) is 6.55. The van der Waals surface area contributed by atoms with E-state index in [1.165, 1.54) is 25.3 Å². The van der Waals surface area contributed by atoms with Crippen LogP contribution in [0.1, 0.15) is 22.8 Å². The molecule has 2 N–H and O–H groups in total. The van der Waals surface area contributed by atoms with E-state index >= 15 is 0 Å². The van der Waals surface area contributed by atoms with Gasteiger partial charge < -0.3 is 15.2 Å². The molecule has 9 nitrogen and oxygen atoms in total. The molecule has 0 heterocycles. The maximum atomic E-state index is 13.5. The number of fused-ring (bicyclic) bond motifs is 1. The summed E-state index contributed by atoms with van der Waals surface area (Å²) in [6.45, 7) is 1.82.